The van der Waals surface area contributed by atoms with Crippen LogP contribution in [-0.2, 0) is 9.63 Å². The number of nitrogens with two attached hydrogens (primary N) is 1. The zero-order chi connectivity index (χ0) is 14.7. The second-order valence-corrected chi connectivity index (χ2v) is 6.17. The predicted molar refractivity (Wildman–Crippen MR) is 68.5 cm³/mol. The standard InChI is InChI=1S/C13H24F2N2O2/c1-12(2,3)11(18)19-17-8-6-10(5-4-7-16)13(14,15)9-17/h10H,4-9,16H2,1-3H3. The smallest absolute Gasteiger partial charge is 0.330 e. The van der Waals surface area contributed by atoms with Crippen molar-refractivity contribution in [2.24, 2.45) is 17.1 Å². The molecule has 2 N–H and O–H groups in total. The molecule has 0 aromatic carbocycles. The van der Waals surface area contributed by atoms with Crippen LogP contribution in [0.2, 0.25) is 0 Å². The molecule has 1 rings (SSSR count). The number of hydrogen-bond acceptors (Lipinski definition) is 4. The molecule has 4 nitrogen and oxygen atoms in total. The molecule has 1 atom stereocenters. The number of hydroxylamine groups is 2. The first-order chi connectivity index (χ1) is 8.66. The summed E-state index contributed by atoms with van der Waals surface area (Å²) in [5.41, 5.74) is 4.66. The number of hydrogen-bond donors (Lipinski definition) is 1. The fourth-order valence-corrected chi connectivity index (χ4v) is 2.01. The maximum Gasteiger partial charge on any atom is 0.330 e. The molecular weight excluding hydrogens is 254 g/mol. The molecule has 0 aromatic rings. The Labute approximate surface area is 113 Å². The average Bonchev–Trinajstić information content (AvgIpc) is 2.25. The van der Waals surface area contributed by atoms with Gasteiger partial charge in [-0.2, -0.15) is 0 Å². The minimum Gasteiger partial charge on any atom is -0.367 e. The van der Waals surface area contributed by atoms with Crippen molar-refractivity contribution in [1.82, 2.24) is 5.06 Å². The summed E-state index contributed by atoms with van der Waals surface area (Å²) in [5.74, 6) is -3.98. The van der Waals surface area contributed by atoms with E-state index in [4.69, 9.17) is 10.6 Å². The average molecular weight is 278 g/mol. The van der Waals surface area contributed by atoms with Crippen LogP contribution in [0.15, 0.2) is 0 Å². The zero-order valence-electron chi connectivity index (χ0n) is 11.9. The monoisotopic (exact) mass is 278 g/mol. The Hall–Kier alpha value is -0.750. The lowest BCUT2D eigenvalue weighted by Crippen LogP contribution is -2.50. The van der Waals surface area contributed by atoms with E-state index < -0.39 is 29.8 Å². The molecule has 0 aliphatic carbocycles. The first kappa shape index (κ1) is 16.3. The fourth-order valence-electron chi connectivity index (χ4n) is 2.01. The summed E-state index contributed by atoms with van der Waals surface area (Å²) in [6, 6.07) is 0. The highest BCUT2D eigenvalue weighted by atomic mass is 19.3. The summed E-state index contributed by atoms with van der Waals surface area (Å²) in [5, 5.41) is 1.09. The van der Waals surface area contributed by atoms with Crippen LogP contribution in [0.1, 0.15) is 40.0 Å². The van der Waals surface area contributed by atoms with Crippen molar-refractivity contribution < 1.29 is 18.4 Å². The quantitative estimate of drug-likeness (QED) is 0.856. The van der Waals surface area contributed by atoms with E-state index in [0.717, 1.165) is 5.06 Å². The van der Waals surface area contributed by atoms with E-state index in [1.165, 1.54) is 0 Å². The van der Waals surface area contributed by atoms with Crippen LogP contribution >= 0.6 is 0 Å². The van der Waals surface area contributed by atoms with Gasteiger partial charge >= 0.3 is 5.97 Å². The predicted octanol–water partition coefficient (Wildman–Crippen LogP) is 2.19. The molecule has 0 bridgehead atoms. The molecule has 1 heterocycles. The van der Waals surface area contributed by atoms with Gasteiger partial charge in [-0.1, -0.05) is 0 Å². The van der Waals surface area contributed by atoms with E-state index in [1.807, 2.05) is 0 Å². The van der Waals surface area contributed by atoms with Crippen molar-refractivity contribution in [2.45, 2.75) is 46.0 Å². The summed E-state index contributed by atoms with van der Waals surface area (Å²) in [6.07, 6.45) is 1.34. The third-order valence-electron chi connectivity index (χ3n) is 3.29. The summed E-state index contributed by atoms with van der Waals surface area (Å²) in [7, 11) is 0. The van der Waals surface area contributed by atoms with E-state index in [2.05, 4.69) is 0 Å². The van der Waals surface area contributed by atoms with Crippen LogP contribution in [0.5, 0.6) is 0 Å². The Bertz CT molecular complexity index is 316. The van der Waals surface area contributed by atoms with Gasteiger partial charge in [-0.05, 0) is 46.6 Å². The van der Waals surface area contributed by atoms with Gasteiger partial charge in [0.2, 0.25) is 0 Å². The van der Waals surface area contributed by atoms with Crippen LogP contribution in [0.25, 0.3) is 0 Å². The number of nitrogens with zero attached hydrogens (tertiary/aromatic N) is 1. The van der Waals surface area contributed by atoms with Crippen molar-refractivity contribution in [3.05, 3.63) is 0 Å². The lowest BCUT2D eigenvalue weighted by Gasteiger charge is -2.37. The molecule has 0 amide bonds. The Morgan fingerprint density at radius 3 is 2.58 bits per heavy atom. The van der Waals surface area contributed by atoms with Crippen molar-refractivity contribution >= 4 is 5.97 Å². The number of carbonyl (C=O) groups excluding carboxylic acids is 1. The van der Waals surface area contributed by atoms with Crippen LogP contribution in [-0.4, -0.2) is 36.6 Å². The van der Waals surface area contributed by atoms with Crippen molar-refractivity contribution in [2.75, 3.05) is 19.6 Å². The fraction of sp³-hybridized carbons (Fsp3) is 0.923. The van der Waals surface area contributed by atoms with Crippen LogP contribution in [0.3, 0.4) is 0 Å². The molecule has 0 saturated carbocycles. The maximum atomic E-state index is 13.9. The number of halogens is 2. The van der Waals surface area contributed by atoms with Crippen molar-refractivity contribution in [3.8, 4) is 0 Å². The molecule has 19 heavy (non-hydrogen) atoms. The van der Waals surface area contributed by atoms with Gasteiger partial charge in [0.15, 0.2) is 0 Å². The highest BCUT2D eigenvalue weighted by Gasteiger charge is 2.45. The summed E-state index contributed by atoms with van der Waals surface area (Å²) >= 11 is 0. The lowest BCUT2D eigenvalue weighted by molar-refractivity contribution is -0.238. The molecule has 1 fully saturated rings. The summed E-state index contributed by atoms with van der Waals surface area (Å²) in [4.78, 5) is 16.7. The Balaban J connectivity index is 2.53. The number of alkyl halides is 2. The Morgan fingerprint density at radius 2 is 2.11 bits per heavy atom. The molecule has 0 spiro atoms. The minimum absolute atomic E-state index is 0.324. The second kappa shape index (κ2) is 6.13. The number of piperidine rings is 1. The summed E-state index contributed by atoms with van der Waals surface area (Å²) < 4.78 is 27.8. The first-order valence-electron chi connectivity index (χ1n) is 6.72. The molecule has 1 aliphatic heterocycles. The summed E-state index contributed by atoms with van der Waals surface area (Å²) in [6.45, 7) is 5.34. The van der Waals surface area contributed by atoms with E-state index in [0.29, 0.717) is 32.4 Å². The molecule has 1 unspecified atom stereocenters. The van der Waals surface area contributed by atoms with E-state index >= 15 is 0 Å². The minimum atomic E-state index is -2.83. The van der Waals surface area contributed by atoms with Gasteiger partial charge in [0, 0.05) is 12.5 Å². The van der Waals surface area contributed by atoms with E-state index in [1.54, 1.807) is 20.8 Å². The SMILES string of the molecule is CC(C)(C)C(=O)ON1CCC(CCCN)C(F)(F)C1. The van der Waals surface area contributed by atoms with Crippen molar-refractivity contribution in [1.29, 1.82) is 0 Å². The van der Waals surface area contributed by atoms with Gasteiger partial charge in [-0.25, -0.2) is 13.6 Å². The Kier molecular flexibility index (Phi) is 5.26. The third-order valence-corrected chi connectivity index (χ3v) is 3.29. The largest absolute Gasteiger partial charge is 0.367 e. The molecule has 0 aromatic heterocycles. The molecule has 1 saturated heterocycles. The van der Waals surface area contributed by atoms with E-state index in [-0.39, 0.29) is 0 Å². The third kappa shape index (κ3) is 4.69. The van der Waals surface area contributed by atoms with Gasteiger partial charge in [0.25, 0.3) is 5.92 Å². The van der Waals surface area contributed by atoms with Gasteiger partial charge in [-0.3, -0.25) is 0 Å². The van der Waals surface area contributed by atoms with Gasteiger partial charge in [-0.15, -0.1) is 5.06 Å². The topological polar surface area (TPSA) is 55.6 Å². The first-order valence-corrected chi connectivity index (χ1v) is 6.72. The highest BCUT2D eigenvalue weighted by Crippen LogP contribution is 2.36. The number of carbonyl (C=O) groups is 1. The van der Waals surface area contributed by atoms with Crippen LogP contribution in [0, 0.1) is 11.3 Å². The molecular formula is C13H24F2N2O2. The van der Waals surface area contributed by atoms with Gasteiger partial charge in [0.1, 0.15) is 0 Å². The van der Waals surface area contributed by atoms with E-state index in [9.17, 15) is 13.6 Å². The van der Waals surface area contributed by atoms with Crippen molar-refractivity contribution in [3.63, 3.8) is 0 Å². The Morgan fingerprint density at radius 1 is 1.47 bits per heavy atom. The molecule has 1 aliphatic rings. The zero-order valence-corrected chi connectivity index (χ0v) is 11.9. The van der Waals surface area contributed by atoms with Gasteiger partial charge < -0.3 is 10.6 Å². The second-order valence-electron chi connectivity index (χ2n) is 6.17. The maximum absolute atomic E-state index is 13.9. The highest BCUT2D eigenvalue weighted by molar-refractivity contribution is 5.75. The molecule has 0 radical (unpaired) electrons. The van der Waals surface area contributed by atoms with Gasteiger partial charge in [0.05, 0.1) is 12.0 Å². The normalized spacial score (nSPS) is 24.2. The number of rotatable bonds is 4. The van der Waals surface area contributed by atoms with Crippen LogP contribution < -0.4 is 5.73 Å². The van der Waals surface area contributed by atoms with Crippen LogP contribution in [0.4, 0.5) is 8.78 Å². The molecule has 6 heteroatoms. The molecule has 112 valence electrons. The lowest BCUT2D eigenvalue weighted by atomic mass is 9.89.